The first kappa shape index (κ1) is 21.2. The lowest BCUT2D eigenvalue weighted by molar-refractivity contribution is -0.158. The number of rotatable bonds is 9. The number of nitrogens with two attached hydrogens (primary N) is 1. The third-order valence-electron chi connectivity index (χ3n) is 4.97. The number of hydrogen-bond donors (Lipinski definition) is 4. The van der Waals surface area contributed by atoms with E-state index in [-0.39, 0.29) is 23.5 Å². The summed E-state index contributed by atoms with van der Waals surface area (Å²) in [5.41, 5.74) is 5.25. The van der Waals surface area contributed by atoms with E-state index in [1.165, 1.54) is 10.9 Å². The summed E-state index contributed by atoms with van der Waals surface area (Å²) in [6.07, 6.45) is 2.12. The van der Waals surface area contributed by atoms with Crippen LogP contribution in [0.5, 0.6) is 0 Å². The van der Waals surface area contributed by atoms with E-state index >= 15 is 0 Å². The summed E-state index contributed by atoms with van der Waals surface area (Å²) in [6.45, 7) is 1.65. The van der Waals surface area contributed by atoms with Gasteiger partial charge < -0.3 is 25.4 Å². The van der Waals surface area contributed by atoms with Crippen molar-refractivity contribution in [1.29, 1.82) is 0 Å². The molecule has 0 saturated carbocycles. The predicted molar refractivity (Wildman–Crippen MR) is 103 cm³/mol. The van der Waals surface area contributed by atoms with E-state index in [0.717, 1.165) is 25.7 Å². The summed E-state index contributed by atoms with van der Waals surface area (Å²) in [7, 11) is 0. The number of hydrogen-bond acceptors (Lipinski definition) is 9. The van der Waals surface area contributed by atoms with Gasteiger partial charge in [-0.25, -0.2) is 4.98 Å². The highest BCUT2D eigenvalue weighted by Gasteiger charge is 2.47. The molecule has 11 heteroatoms. The summed E-state index contributed by atoms with van der Waals surface area (Å²) in [5, 5.41) is 20.0. The second-order valence-corrected chi connectivity index (χ2v) is 7.13. The Balaban J connectivity index is 1.78. The summed E-state index contributed by atoms with van der Waals surface area (Å²) in [6, 6.07) is 0. The number of aliphatic hydroxyl groups excluding tert-OH is 2. The van der Waals surface area contributed by atoms with E-state index in [4.69, 9.17) is 15.2 Å². The predicted octanol–water partition coefficient (Wildman–Crippen LogP) is 0.225. The van der Waals surface area contributed by atoms with Gasteiger partial charge in [-0.15, -0.1) is 0 Å². The smallest absolute Gasteiger partial charge is 0.306 e. The molecule has 0 amide bonds. The lowest BCUT2D eigenvalue weighted by atomic mass is 10.1. The summed E-state index contributed by atoms with van der Waals surface area (Å²) < 4.78 is 12.5. The number of imidazole rings is 1. The number of aliphatic hydroxyl groups is 2. The molecule has 3 rings (SSSR count). The third-order valence-corrected chi connectivity index (χ3v) is 4.97. The molecule has 0 radical (unpaired) electrons. The Bertz CT molecular complexity index is 896. The highest BCUT2D eigenvalue weighted by atomic mass is 16.6. The zero-order valence-electron chi connectivity index (χ0n) is 16.3. The van der Waals surface area contributed by atoms with Gasteiger partial charge in [0, 0.05) is 6.42 Å². The van der Waals surface area contributed by atoms with Crippen LogP contribution in [0.25, 0.3) is 11.2 Å². The summed E-state index contributed by atoms with van der Waals surface area (Å²) >= 11 is 0. The van der Waals surface area contributed by atoms with Crippen molar-refractivity contribution in [3.8, 4) is 0 Å². The Morgan fingerprint density at radius 2 is 2.14 bits per heavy atom. The monoisotopic (exact) mass is 409 g/mol. The number of carbonyl (C=O) groups excluding carboxylic acids is 1. The number of nitrogen functional groups attached to an aromatic ring is 1. The van der Waals surface area contributed by atoms with E-state index in [1.807, 2.05) is 0 Å². The van der Waals surface area contributed by atoms with Gasteiger partial charge in [0.2, 0.25) is 5.95 Å². The molecule has 0 bridgehead atoms. The molecule has 0 spiro atoms. The molecule has 1 saturated heterocycles. The quantitative estimate of drug-likeness (QED) is 0.335. The van der Waals surface area contributed by atoms with Crippen molar-refractivity contribution in [2.75, 3.05) is 12.3 Å². The number of ether oxygens (including phenoxy) is 2. The molecule has 0 unspecified atom stereocenters. The van der Waals surface area contributed by atoms with Crippen LogP contribution in [0.15, 0.2) is 11.1 Å². The Morgan fingerprint density at radius 1 is 1.38 bits per heavy atom. The second kappa shape index (κ2) is 9.33. The molecule has 4 atom stereocenters. The fourth-order valence-corrected chi connectivity index (χ4v) is 3.43. The number of anilines is 1. The zero-order valence-corrected chi connectivity index (χ0v) is 16.3. The summed E-state index contributed by atoms with van der Waals surface area (Å²) in [5.74, 6) is -0.574. The van der Waals surface area contributed by atoms with Crippen LogP contribution in [0.3, 0.4) is 0 Å². The third kappa shape index (κ3) is 4.57. The van der Waals surface area contributed by atoms with E-state index in [9.17, 15) is 19.8 Å². The first-order valence-corrected chi connectivity index (χ1v) is 9.82. The van der Waals surface area contributed by atoms with Gasteiger partial charge in [0.25, 0.3) is 5.56 Å². The van der Waals surface area contributed by atoms with Crippen molar-refractivity contribution in [3.05, 3.63) is 16.7 Å². The lowest BCUT2D eigenvalue weighted by Gasteiger charge is -2.22. The first-order valence-electron chi connectivity index (χ1n) is 9.82. The van der Waals surface area contributed by atoms with Gasteiger partial charge in [-0.1, -0.05) is 32.6 Å². The molecular weight excluding hydrogens is 382 g/mol. The van der Waals surface area contributed by atoms with Crippen molar-refractivity contribution in [2.24, 2.45) is 0 Å². The fourth-order valence-electron chi connectivity index (χ4n) is 3.43. The number of esters is 1. The van der Waals surface area contributed by atoms with Gasteiger partial charge >= 0.3 is 5.97 Å². The normalized spacial score (nSPS) is 24.2. The molecule has 29 heavy (non-hydrogen) atoms. The molecule has 11 nitrogen and oxygen atoms in total. The topological polar surface area (TPSA) is 166 Å². The van der Waals surface area contributed by atoms with Crippen molar-refractivity contribution in [2.45, 2.75) is 70.0 Å². The number of aromatic amines is 1. The van der Waals surface area contributed by atoms with Crippen LogP contribution < -0.4 is 11.3 Å². The minimum absolute atomic E-state index is 0.0331. The molecule has 3 heterocycles. The number of nitrogens with one attached hydrogen (secondary N) is 1. The Morgan fingerprint density at radius 3 is 2.86 bits per heavy atom. The van der Waals surface area contributed by atoms with Crippen LogP contribution in [-0.4, -0.2) is 60.6 Å². The number of aromatic nitrogens is 4. The van der Waals surface area contributed by atoms with Crippen molar-refractivity contribution in [3.63, 3.8) is 0 Å². The Kier molecular flexibility index (Phi) is 6.83. The van der Waals surface area contributed by atoms with Crippen LogP contribution in [0.1, 0.15) is 51.7 Å². The lowest BCUT2D eigenvalue weighted by Crippen LogP contribution is -2.37. The standard InChI is InChI=1S/C18H27N5O6/c1-2-3-4-5-6-7-11(25)29-14-13(26)10(8-24)28-17(14)23-9-20-12-15(23)21-18(19)22-16(12)27/h9-10,13-14,17,24,26H,2-8H2,1H3,(H3,19,21,22,27)/t10-,13-,14+,17-/m1/s1. The fraction of sp³-hybridized carbons (Fsp3) is 0.667. The number of H-pyrrole nitrogens is 1. The maximum absolute atomic E-state index is 12.3. The van der Waals surface area contributed by atoms with E-state index in [2.05, 4.69) is 21.9 Å². The molecule has 1 fully saturated rings. The van der Waals surface area contributed by atoms with Crippen molar-refractivity contribution >= 4 is 23.1 Å². The molecular formula is C18H27N5O6. The van der Waals surface area contributed by atoms with Crippen molar-refractivity contribution < 1.29 is 24.5 Å². The molecule has 1 aliphatic rings. The summed E-state index contributed by atoms with van der Waals surface area (Å²) in [4.78, 5) is 34.7. The number of fused-ring (bicyclic) bond motifs is 1. The minimum atomic E-state index is -1.24. The van der Waals surface area contributed by atoms with Gasteiger partial charge in [0.05, 0.1) is 12.9 Å². The van der Waals surface area contributed by atoms with E-state index in [0.29, 0.717) is 6.42 Å². The highest BCUT2D eigenvalue weighted by molar-refractivity contribution is 5.71. The molecule has 0 aliphatic carbocycles. The average molecular weight is 409 g/mol. The van der Waals surface area contributed by atoms with Gasteiger partial charge in [0.15, 0.2) is 23.5 Å². The average Bonchev–Trinajstić information content (AvgIpc) is 3.23. The Hall–Kier alpha value is -2.50. The SMILES string of the molecule is CCCCCCCC(=O)O[C@H]1[C@H](O)[C@@H](CO)O[C@H]1n1cnc2c(=O)[nH]c(N)nc21. The van der Waals surface area contributed by atoms with E-state index < -0.39 is 42.7 Å². The van der Waals surface area contributed by atoms with Gasteiger partial charge in [-0.3, -0.25) is 19.1 Å². The molecule has 2 aromatic rings. The molecule has 2 aromatic heterocycles. The maximum Gasteiger partial charge on any atom is 0.306 e. The maximum atomic E-state index is 12.3. The van der Waals surface area contributed by atoms with Crippen LogP contribution in [-0.2, 0) is 14.3 Å². The van der Waals surface area contributed by atoms with Crippen LogP contribution in [0, 0.1) is 0 Å². The largest absolute Gasteiger partial charge is 0.455 e. The second-order valence-electron chi connectivity index (χ2n) is 7.13. The van der Waals surface area contributed by atoms with Gasteiger partial charge in [-0.05, 0) is 6.42 Å². The van der Waals surface area contributed by atoms with Gasteiger partial charge in [0.1, 0.15) is 12.2 Å². The molecule has 1 aliphatic heterocycles. The molecule has 5 N–H and O–H groups in total. The van der Waals surface area contributed by atoms with Crippen LogP contribution in [0.2, 0.25) is 0 Å². The van der Waals surface area contributed by atoms with E-state index in [1.54, 1.807) is 0 Å². The minimum Gasteiger partial charge on any atom is -0.455 e. The Labute approximate surface area is 166 Å². The van der Waals surface area contributed by atoms with Crippen molar-refractivity contribution in [1.82, 2.24) is 19.5 Å². The molecule has 160 valence electrons. The highest BCUT2D eigenvalue weighted by Crippen LogP contribution is 2.33. The zero-order chi connectivity index (χ0) is 21.0. The number of unbranched alkanes of at least 4 members (excludes halogenated alkanes) is 4. The van der Waals surface area contributed by atoms with Crippen LogP contribution in [0.4, 0.5) is 5.95 Å². The number of nitrogens with zero attached hydrogens (tertiary/aromatic N) is 3. The number of carbonyl (C=O) groups is 1. The molecule has 0 aromatic carbocycles. The first-order chi connectivity index (χ1) is 14.0. The van der Waals surface area contributed by atoms with Crippen LogP contribution >= 0.6 is 0 Å². The van der Waals surface area contributed by atoms with Gasteiger partial charge in [-0.2, -0.15) is 4.98 Å².